The number of sulfonamides is 1. The number of hydrogen-bond acceptors (Lipinski definition) is 4. The van der Waals surface area contributed by atoms with Gasteiger partial charge < -0.3 is 5.11 Å². The number of nitrogens with zero attached hydrogens (tertiary/aromatic N) is 1. The van der Waals surface area contributed by atoms with Crippen LogP contribution in [0.3, 0.4) is 0 Å². The first-order chi connectivity index (χ1) is 8.90. The smallest absolute Gasteiger partial charge is 0.335 e. The highest BCUT2D eigenvalue weighted by atomic mass is 79.9. The fraction of sp³-hybridized carbons (Fsp3) is 0. The summed E-state index contributed by atoms with van der Waals surface area (Å²) in [6.07, 6.45) is 2.67. The Morgan fingerprint density at radius 3 is 2.74 bits per heavy atom. The molecule has 9 heteroatoms. The number of nitrogens with one attached hydrogen (secondary N) is 2. The number of aromatic nitrogens is 2. The van der Waals surface area contributed by atoms with Gasteiger partial charge in [-0.1, -0.05) is 0 Å². The molecule has 0 saturated carbocycles. The van der Waals surface area contributed by atoms with Crippen LogP contribution in [0, 0.1) is 0 Å². The highest BCUT2D eigenvalue weighted by Gasteiger charge is 2.20. The molecule has 2 aromatic rings. The minimum absolute atomic E-state index is 0.115. The van der Waals surface area contributed by atoms with Gasteiger partial charge in [-0.25, -0.2) is 13.2 Å². The van der Waals surface area contributed by atoms with Crippen molar-refractivity contribution in [1.29, 1.82) is 0 Å². The molecule has 0 radical (unpaired) electrons. The van der Waals surface area contributed by atoms with Gasteiger partial charge in [-0.3, -0.25) is 9.82 Å². The van der Waals surface area contributed by atoms with E-state index in [0.717, 1.165) is 6.07 Å². The molecule has 1 aromatic heterocycles. The number of carboxylic acid groups (broad SMARTS) is 1. The standard InChI is InChI=1S/C10H8BrN3O4S/c11-8-2-1-6(10(15)16)3-9(8)19(17,18)14-7-4-12-13-5-7/h1-5,14H,(H,12,13)(H,15,16). The number of aromatic carboxylic acids is 1. The number of carboxylic acids is 1. The quantitative estimate of drug-likeness (QED) is 0.780. The van der Waals surface area contributed by atoms with Crippen molar-refractivity contribution >= 4 is 37.6 Å². The van der Waals surface area contributed by atoms with Gasteiger partial charge in [0.1, 0.15) is 4.90 Å². The Labute approximate surface area is 116 Å². The molecule has 0 aliphatic heterocycles. The molecule has 0 aliphatic carbocycles. The lowest BCUT2D eigenvalue weighted by Crippen LogP contribution is -2.14. The third-order valence-corrected chi connectivity index (χ3v) is 4.59. The Morgan fingerprint density at radius 1 is 1.42 bits per heavy atom. The molecule has 0 spiro atoms. The molecule has 0 amide bonds. The first kappa shape index (κ1) is 13.6. The molecule has 7 nitrogen and oxygen atoms in total. The van der Waals surface area contributed by atoms with Crippen molar-refractivity contribution < 1.29 is 18.3 Å². The number of halogens is 1. The van der Waals surface area contributed by atoms with Gasteiger partial charge in [0.25, 0.3) is 10.0 Å². The van der Waals surface area contributed by atoms with Crippen molar-refractivity contribution in [2.75, 3.05) is 4.72 Å². The zero-order valence-corrected chi connectivity index (χ0v) is 11.7. The van der Waals surface area contributed by atoms with E-state index in [2.05, 4.69) is 30.8 Å². The molecule has 0 atom stereocenters. The largest absolute Gasteiger partial charge is 0.478 e. The van der Waals surface area contributed by atoms with E-state index in [4.69, 9.17) is 5.11 Å². The average molecular weight is 346 g/mol. The lowest BCUT2D eigenvalue weighted by molar-refractivity contribution is 0.0696. The van der Waals surface area contributed by atoms with Gasteiger partial charge in [0.05, 0.1) is 17.4 Å². The molecule has 100 valence electrons. The molecule has 3 N–H and O–H groups in total. The summed E-state index contributed by atoms with van der Waals surface area (Å²) in [6, 6.07) is 3.76. The third kappa shape index (κ3) is 2.93. The van der Waals surface area contributed by atoms with Crippen LogP contribution in [0.15, 0.2) is 40.0 Å². The Hall–Kier alpha value is -1.87. The Bertz CT molecular complexity index is 712. The minimum Gasteiger partial charge on any atom is -0.478 e. The van der Waals surface area contributed by atoms with Crippen LogP contribution >= 0.6 is 15.9 Å². The predicted molar refractivity (Wildman–Crippen MR) is 70.5 cm³/mol. The molecule has 0 bridgehead atoms. The van der Waals surface area contributed by atoms with Crippen LogP contribution in [0.5, 0.6) is 0 Å². The molecule has 1 heterocycles. The van der Waals surface area contributed by atoms with Crippen molar-refractivity contribution in [2.45, 2.75) is 4.90 Å². The number of hydrogen-bond donors (Lipinski definition) is 3. The number of rotatable bonds is 4. The van der Waals surface area contributed by atoms with Gasteiger partial charge in [-0.05, 0) is 34.1 Å². The lowest BCUT2D eigenvalue weighted by atomic mass is 10.2. The molecule has 2 rings (SSSR count). The van der Waals surface area contributed by atoms with Crippen LogP contribution in [0.25, 0.3) is 0 Å². The van der Waals surface area contributed by atoms with Crippen molar-refractivity contribution in [3.05, 3.63) is 40.6 Å². The van der Waals surface area contributed by atoms with Crippen LogP contribution in [0.4, 0.5) is 5.69 Å². The Kier molecular flexibility index (Phi) is 3.58. The van der Waals surface area contributed by atoms with Crippen molar-refractivity contribution in [1.82, 2.24) is 10.2 Å². The molecule has 0 saturated heterocycles. The summed E-state index contributed by atoms with van der Waals surface area (Å²) in [7, 11) is -3.89. The molecule has 1 aromatic carbocycles. The van der Waals surface area contributed by atoms with Crippen LogP contribution in [-0.2, 0) is 10.0 Å². The predicted octanol–water partition coefficient (Wildman–Crippen LogP) is 1.67. The van der Waals surface area contributed by atoms with E-state index in [0.29, 0.717) is 0 Å². The second-order valence-electron chi connectivity index (χ2n) is 3.54. The maximum absolute atomic E-state index is 12.1. The van der Waals surface area contributed by atoms with E-state index in [-0.39, 0.29) is 20.6 Å². The van der Waals surface area contributed by atoms with Gasteiger partial charge >= 0.3 is 5.97 Å². The molecule has 0 aliphatic rings. The molecular weight excluding hydrogens is 338 g/mol. The highest BCUT2D eigenvalue weighted by molar-refractivity contribution is 9.10. The van der Waals surface area contributed by atoms with E-state index in [1.807, 2.05) is 0 Å². The fourth-order valence-electron chi connectivity index (χ4n) is 1.36. The Balaban J connectivity index is 2.45. The van der Waals surface area contributed by atoms with E-state index in [9.17, 15) is 13.2 Å². The van der Waals surface area contributed by atoms with E-state index in [1.165, 1.54) is 24.5 Å². The van der Waals surface area contributed by atoms with Crippen LogP contribution in [0.1, 0.15) is 10.4 Å². The van der Waals surface area contributed by atoms with Crippen molar-refractivity contribution in [3.8, 4) is 0 Å². The van der Waals surface area contributed by atoms with Crippen molar-refractivity contribution in [2.24, 2.45) is 0 Å². The lowest BCUT2D eigenvalue weighted by Gasteiger charge is -2.08. The van der Waals surface area contributed by atoms with Crippen LogP contribution in [-0.4, -0.2) is 29.7 Å². The number of anilines is 1. The first-order valence-electron chi connectivity index (χ1n) is 4.94. The van der Waals surface area contributed by atoms with Crippen LogP contribution in [0.2, 0.25) is 0 Å². The van der Waals surface area contributed by atoms with E-state index < -0.39 is 16.0 Å². The van der Waals surface area contributed by atoms with Gasteiger partial charge in [-0.2, -0.15) is 5.10 Å². The molecular formula is C10H8BrN3O4S. The second kappa shape index (κ2) is 5.02. The molecule has 0 fully saturated rings. The zero-order valence-electron chi connectivity index (χ0n) is 9.29. The SMILES string of the molecule is O=C(O)c1ccc(Br)c(S(=O)(=O)Nc2cn[nH]c2)c1. The summed E-state index contributed by atoms with van der Waals surface area (Å²) in [4.78, 5) is 10.7. The Morgan fingerprint density at radius 2 is 2.16 bits per heavy atom. The second-order valence-corrected chi connectivity index (χ2v) is 6.05. The molecule has 19 heavy (non-hydrogen) atoms. The summed E-state index contributed by atoms with van der Waals surface area (Å²) >= 11 is 3.08. The summed E-state index contributed by atoms with van der Waals surface area (Å²) < 4.78 is 26.8. The fourth-order valence-corrected chi connectivity index (χ4v) is 3.38. The number of carbonyl (C=O) groups is 1. The minimum atomic E-state index is -3.89. The van der Waals surface area contributed by atoms with Crippen LogP contribution < -0.4 is 4.72 Å². The monoisotopic (exact) mass is 345 g/mol. The maximum atomic E-state index is 12.1. The number of H-pyrrole nitrogens is 1. The normalized spacial score (nSPS) is 11.2. The summed E-state index contributed by atoms with van der Waals surface area (Å²) in [5, 5.41) is 15.0. The highest BCUT2D eigenvalue weighted by Crippen LogP contribution is 2.25. The van der Waals surface area contributed by atoms with Crippen molar-refractivity contribution in [3.63, 3.8) is 0 Å². The van der Waals surface area contributed by atoms with E-state index in [1.54, 1.807) is 0 Å². The molecule has 0 unspecified atom stereocenters. The van der Waals surface area contributed by atoms with Gasteiger partial charge in [0, 0.05) is 10.7 Å². The topological polar surface area (TPSA) is 112 Å². The average Bonchev–Trinajstić information content (AvgIpc) is 2.81. The first-order valence-corrected chi connectivity index (χ1v) is 7.22. The van der Waals surface area contributed by atoms with E-state index >= 15 is 0 Å². The van der Waals surface area contributed by atoms with Gasteiger partial charge in [-0.15, -0.1) is 0 Å². The van der Waals surface area contributed by atoms with Gasteiger partial charge in [0.2, 0.25) is 0 Å². The zero-order chi connectivity index (χ0) is 14.0. The summed E-state index contributed by atoms with van der Waals surface area (Å²) in [5.41, 5.74) is 0.142. The number of aromatic amines is 1. The summed E-state index contributed by atoms with van der Waals surface area (Å²) in [6.45, 7) is 0. The number of benzene rings is 1. The van der Waals surface area contributed by atoms with Gasteiger partial charge in [0.15, 0.2) is 0 Å². The maximum Gasteiger partial charge on any atom is 0.335 e. The summed E-state index contributed by atoms with van der Waals surface area (Å²) in [5.74, 6) is -1.20. The third-order valence-electron chi connectivity index (χ3n) is 2.22.